The van der Waals surface area contributed by atoms with Crippen LogP contribution in [0.4, 0.5) is 0 Å². The number of carbonyl (C=O) groups is 3. The molecule has 0 fully saturated rings. The number of aliphatic carboxylic acids is 1. The molecular formula is C84H140NO8+. The second-order valence-corrected chi connectivity index (χ2v) is 25.8. The molecule has 93 heavy (non-hydrogen) atoms. The van der Waals surface area contributed by atoms with Crippen molar-refractivity contribution in [2.24, 2.45) is 0 Å². The fourth-order valence-corrected chi connectivity index (χ4v) is 10.1. The Balaban J connectivity index is 4.08. The van der Waals surface area contributed by atoms with Crippen molar-refractivity contribution in [1.29, 1.82) is 0 Å². The second-order valence-electron chi connectivity index (χ2n) is 25.8. The summed E-state index contributed by atoms with van der Waals surface area (Å²) in [6.07, 6.45) is 105. The summed E-state index contributed by atoms with van der Waals surface area (Å²) in [5.41, 5.74) is 0. The van der Waals surface area contributed by atoms with Crippen LogP contribution in [0.5, 0.6) is 0 Å². The number of rotatable bonds is 68. The number of nitrogens with zero attached hydrogens (tertiary/aromatic N) is 1. The lowest BCUT2D eigenvalue weighted by molar-refractivity contribution is -0.870. The van der Waals surface area contributed by atoms with Crippen LogP contribution < -0.4 is 0 Å². The van der Waals surface area contributed by atoms with Crippen LogP contribution in [0.25, 0.3) is 0 Å². The van der Waals surface area contributed by atoms with E-state index in [0.29, 0.717) is 23.9 Å². The molecule has 9 heteroatoms. The minimum absolute atomic E-state index is 0.182. The zero-order valence-electron chi connectivity index (χ0n) is 60.4. The summed E-state index contributed by atoms with van der Waals surface area (Å²) in [6.45, 7) is 4.66. The van der Waals surface area contributed by atoms with E-state index in [2.05, 4.69) is 172 Å². The molecule has 0 heterocycles. The van der Waals surface area contributed by atoms with E-state index in [1.807, 2.05) is 21.1 Å². The highest BCUT2D eigenvalue weighted by molar-refractivity contribution is 5.71. The predicted octanol–water partition coefficient (Wildman–Crippen LogP) is 24.0. The lowest BCUT2D eigenvalue weighted by atomic mass is 10.0. The Labute approximate surface area is 572 Å². The van der Waals surface area contributed by atoms with E-state index in [1.165, 1.54) is 148 Å². The van der Waals surface area contributed by atoms with Gasteiger partial charge in [0.05, 0.1) is 34.4 Å². The Hall–Kier alpha value is -5.09. The summed E-state index contributed by atoms with van der Waals surface area (Å²) in [4.78, 5) is 37.7. The van der Waals surface area contributed by atoms with Gasteiger partial charge in [0.2, 0.25) is 0 Å². The van der Waals surface area contributed by atoms with Gasteiger partial charge in [0.25, 0.3) is 6.29 Å². The standard InChI is InChI=1S/C84H139NO8/c1-6-8-10-12-14-16-18-20-22-24-26-28-30-32-34-35-36-37-38-39-40-41-42-43-44-45-46-47-49-51-53-55-57-59-61-63-65-67-69-71-73-75-82(87)93-80(79-92-84(83(88)89)90-77-76-85(3,4)5)78-91-81(86)74-72-70-68-66-64-62-60-58-56-54-52-50-48-33-31-29-27-25-23-21-19-17-15-13-11-9-7-2/h8-11,14-17,20-23,26-29,32-34,36-37,39-40,42-43,48,80,84H,6-7,12-13,18-19,24-25,30-31,35,38,41,44-47,49-79H2,1-5H3/p+1/b10-8-,11-9-,16-14-,17-15-,22-20-,23-21-,28-26-,29-27-,34-32-,37-36-,40-39-,43-42-,48-33-. The average molecular weight is 1290 g/mol. The first-order chi connectivity index (χ1) is 45.6. The van der Waals surface area contributed by atoms with Crippen molar-refractivity contribution in [3.8, 4) is 0 Å². The number of quaternary nitrogens is 1. The Kier molecular flexibility index (Phi) is 68.8. The zero-order chi connectivity index (χ0) is 67.5. The average Bonchev–Trinajstić information content (AvgIpc) is 3.38. The molecule has 0 rings (SSSR count). The van der Waals surface area contributed by atoms with Crippen molar-refractivity contribution in [2.45, 2.75) is 309 Å². The molecule has 0 aromatic heterocycles. The maximum absolute atomic E-state index is 13.0. The number of hydrogen-bond donors (Lipinski definition) is 1. The molecule has 0 aromatic rings. The van der Waals surface area contributed by atoms with E-state index in [9.17, 15) is 19.5 Å². The molecule has 0 saturated heterocycles. The third kappa shape index (κ3) is 74.2. The van der Waals surface area contributed by atoms with E-state index in [1.54, 1.807) is 0 Å². The molecule has 0 amide bonds. The van der Waals surface area contributed by atoms with E-state index in [-0.39, 0.29) is 32.2 Å². The van der Waals surface area contributed by atoms with Crippen LogP contribution in [0.2, 0.25) is 0 Å². The SMILES string of the molecule is CC/C=C\C/C=C\C/C=C\C/C=C\C/C=C\C/C=C\C/C=C\C/C=C\CCCCCCCCCCCCCCCCCCC(=O)OC(COC(=O)CCCCCCCCCCCCC/C=C\C/C=C\C/C=C\C/C=C\C/C=C\CC)COC(OCC[N+](C)(C)C)C(=O)O. The first kappa shape index (κ1) is 87.9. The number of hydrogen-bond acceptors (Lipinski definition) is 7. The lowest BCUT2D eigenvalue weighted by Crippen LogP contribution is -2.40. The summed E-state index contributed by atoms with van der Waals surface area (Å²) < 4.78 is 23.0. The summed E-state index contributed by atoms with van der Waals surface area (Å²) in [5.74, 6) is -2.01. The number of carboxylic acids is 1. The van der Waals surface area contributed by atoms with Crippen molar-refractivity contribution in [3.63, 3.8) is 0 Å². The van der Waals surface area contributed by atoms with Gasteiger partial charge in [0.15, 0.2) is 6.10 Å². The topological polar surface area (TPSA) is 108 Å². The maximum Gasteiger partial charge on any atom is 0.361 e. The van der Waals surface area contributed by atoms with Gasteiger partial charge in [-0.25, -0.2) is 4.79 Å². The van der Waals surface area contributed by atoms with Crippen molar-refractivity contribution >= 4 is 17.9 Å². The van der Waals surface area contributed by atoms with Crippen LogP contribution in [0.1, 0.15) is 296 Å². The number of esters is 2. The largest absolute Gasteiger partial charge is 0.477 e. The number of carbonyl (C=O) groups excluding carboxylic acids is 2. The fraction of sp³-hybridized carbons (Fsp3) is 0.655. The number of likely N-dealkylation sites (N-methyl/N-ethyl adjacent to an activating group) is 1. The molecule has 2 unspecified atom stereocenters. The van der Waals surface area contributed by atoms with Gasteiger partial charge in [-0.15, -0.1) is 0 Å². The Morgan fingerprint density at radius 1 is 0.323 bits per heavy atom. The minimum atomic E-state index is -1.52. The van der Waals surface area contributed by atoms with Crippen molar-refractivity contribution in [1.82, 2.24) is 0 Å². The zero-order valence-corrected chi connectivity index (χ0v) is 60.4. The van der Waals surface area contributed by atoms with Gasteiger partial charge in [0, 0.05) is 12.8 Å². The fourth-order valence-electron chi connectivity index (χ4n) is 10.1. The first-order valence-corrected chi connectivity index (χ1v) is 37.6. The monoisotopic (exact) mass is 1290 g/mol. The van der Waals surface area contributed by atoms with Crippen LogP contribution in [0, 0.1) is 0 Å². The third-order valence-electron chi connectivity index (χ3n) is 15.8. The van der Waals surface area contributed by atoms with Gasteiger partial charge in [-0.3, -0.25) is 9.59 Å². The van der Waals surface area contributed by atoms with Crippen molar-refractivity contribution in [2.75, 3.05) is 47.5 Å². The quantitative estimate of drug-likeness (QED) is 0.0211. The predicted molar refractivity (Wildman–Crippen MR) is 400 cm³/mol. The van der Waals surface area contributed by atoms with E-state index >= 15 is 0 Å². The highest BCUT2D eigenvalue weighted by atomic mass is 16.7. The molecule has 0 aliphatic rings. The molecule has 2 atom stereocenters. The number of carboxylic acid groups (broad SMARTS) is 1. The van der Waals surface area contributed by atoms with E-state index in [4.69, 9.17) is 18.9 Å². The van der Waals surface area contributed by atoms with Gasteiger partial charge >= 0.3 is 17.9 Å². The highest BCUT2D eigenvalue weighted by Crippen LogP contribution is 2.17. The first-order valence-electron chi connectivity index (χ1n) is 37.6. The molecule has 0 saturated carbocycles. The summed E-state index contributed by atoms with van der Waals surface area (Å²) in [6, 6.07) is 0. The molecule has 0 aliphatic heterocycles. The molecule has 9 nitrogen and oxygen atoms in total. The third-order valence-corrected chi connectivity index (χ3v) is 15.8. The van der Waals surface area contributed by atoms with Crippen LogP contribution in [0.3, 0.4) is 0 Å². The smallest absolute Gasteiger partial charge is 0.361 e. The van der Waals surface area contributed by atoms with Gasteiger partial charge in [-0.05, 0) is 122 Å². The number of ether oxygens (including phenoxy) is 4. The van der Waals surface area contributed by atoms with Crippen molar-refractivity contribution in [3.05, 3.63) is 158 Å². The highest BCUT2D eigenvalue weighted by Gasteiger charge is 2.25. The van der Waals surface area contributed by atoms with Crippen LogP contribution in [0.15, 0.2) is 158 Å². The molecular weight excluding hydrogens is 1150 g/mol. The van der Waals surface area contributed by atoms with Gasteiger partial charge in [-0.1, -0.05) is 320 Å². The summed E-state index contributed by atoms with van der Waals surface area (Å²) >= 11 is 0. The summed E-state index contributed by atoms with van der Waals surface area (Å²) in [5, 5.41) is 9.76. The lowest BCUT2D eigenvalue weighted by Gasteiger charge is -2.25. The summed E-state index contributed by atoms with van der Waals surface area (Å²) in [7, 11) is 5.98. The van der Waals surface area contributed by atoms with E-state index < -0.39 is 24.3 Å². The molecule has 1 N–H and O–H groups in total. The number of unbranched alkanes of at least 4 members (excludes halogenated alkanes) is 27. The molecule has 0 aromatic carbocycles. The molecule has 528 valence electrons. The van der Waals surface area contributed by atoms with Crippen molar-refractivity contribution < 1.29 is 42.9 Å². The van der Waals surface area contributed by atoms with E-state index in [0.717, 1.165) is 116 Å². The second kappa shape index (κ2) is 72.7. The Bertz CT molecular complexity index is 2090. The van der Waals surface area contributed by atoms with Crippen LogP contribution in [-0.4, -0.2) is 87.4 Å². The Morgan fingerprint density at radius 2 is 0.581 bits per heavy atom. The van der Waals surface area contributed by atoms with Crippen LogP contribution in [-0.2, 0) is 33.3 Å². The van der Waals surface area contributed by atoms with Gasteiger partial charge in [-0.2, -0.15) is 0 Å². The van der Waals surface area contributed by atoms with Gasteiger partial charge < -0.3 is 28.5 Å². The molecule has 0 aliphatic carbocycles. The number of allylic oxidation sites excluding steroid dienone is 26. The maximum atomic E-state index is 13.0. The normalized spacial score (nSPS) is 13.6. The minimum Gasteiger partial charge on any atom is -0.477 e. The molecule has 0 spiro atoms. The molecule has 0 bridgehead atoms. The van der Waals surface area contributed by atoms with Crippen LogP contribution >= 0.6 is 0 Å². The van der Waals surface area contributed by atoms with Gasteiger partial charge in [0.1, 0.15) is 13.2 Å². The molecule has 0 radical (unpaired) electrons. The Morgan fingerprint density at radius 3 is 0.860 bits per heavy atom.